The quantitative estimate of drug-likeness (QED) is 0.196. The number of hydrogen-bond acceptors (Lipinski definition) is 6. The van der Waals surface area contributed by atoms with Crippen LogP contribution in [0.3, 0.4) is 0 Å². The van der Waals surface area contributed by atoms with Crippen LogP contribution in [0.2, 0.25) is 0 Å². The molecule has 0 N–H and O–H groups in total. The summed E-state index contributed by atoms with van der Waals surface area (Å²) in [6.07, 6.45) is 3.60. The van der Waals surface area contributed by atoms with Crippen molar-refractivity contribution in [2.75, 3.05) is 0 Å². The highest BCUT2D eigenvalue weighted by molar-refractivity contribution is 6.16. The molecule has 0 amide bonds. The monoisotopic (exact) mass is 616 g/mol. The van der Waals surface area contributed by atoms with Crippen LogP contribution in [0, 0.1) is 0 Å². The first-order valence-electron chi connectivity index (χ1n) is 15.8. The van der Waals surface area contributed by atoms with E-state index in [4.69, 9.17) is 23.8 Å². The number of benzene rings is 6. The van der Waals surface area contributed by atoms with Gasteiger partial charge in [-0.25, -0.2) is 15.0 Å². The highest BCUT2D eigenvalue weighted by atomic mass is 16.3. The molecule has 6 heteroatoms. The fourth-order valence-electron chi connectivity index (χ4n) is 6.79. The molecular formula is C42H24N4O2. The highest BCUT2D eigenvalue weighted by Gasteiger charge is 2.22. The van der Waals surface area contributed by atoms with Gasteiger partial charge in [0, 0.05) is 56.2 Å². The van der Waals surface area contributed by atoms with Gasteiger partial charge in [-0.05, 0) is 52.7 Å². The van der Waals surface area contributed by atoms with E-state index in [1.165, 1.54) is 0 Å². The van der Waals surface area contributed by atoms with Gasteiger partial charge in [0.05, 0.1) is 0 Å². The summed E-state index contributed by atoms with van der Waals surface area (Å²) >= 11 is 0. The van der Waals surface area contributed by atoms with Gasteiger partial charge in [-0.15, -0.1) is 0 Å². The predicted molar refractivity (Wildman–Crippen MR) is 191 cm³/mol. The van der Waals surface area contributed by atoms with Gasteiger partial charge < -0.3 is 8.83 Å². The zero-order chi connectivity index (χ0) is 31.6. The van der Waals surface area contributed by atoms with Crippen LogP contribution in [0.15, 0.2) is 155 Å². The summed E-state index contributed by atoms with van der Waals surface area (Å²) in [7, 11) is 0. The Labute approximate surface area is 274 Å². The molecule has 10 aromatic rings. The third-order valence-corrected chi connectivity index (χ3v) is 9.03. The second kappa shape index (κ2) is 10.4. The van der Waals surface area contributed by atoms with E-state index >= 15 is 0 Å². The van der Waals surface area contributed by atoms with Crippen molar-refractivity contribution in [2.45, 2.75) is 0 Å². The van der Waals surface area contributed by atoms with Gasteiger partial charge in [-0.2, -0.15) is 0 Å². The maximum atomic E-state index is 6.55. The average Bonchev–Trinajstić information content (AvgIpc) is 3.74. The molecule has 0 radical (unpaired) electrons. The molecule has 4 aromatic heterocycles. The van der Waals surface area contributed by atoms with Gasteiger partial charge in [0.15, 0.2) is 17.5 Å². The summed E-state index contributed by atoms with van der Waals surface area (Å²) in [6, 6.07) is 45.1. The van der Waals surface area contributed by atoms with Gasteiger partial charge in [0.25, 0.3) is 0 Å². The molecule has 224 valence electrons. The molecule has 0 fully saturated rings. The van der Waals surface area contributed by atoms with Gasteiger partial charge in [0.2, 0.25) is 0 Å². The number of rotatable bonds is 4. The minimum Gasteiger partial charge on any atom is -0.456 e. The largest absolute Gasteiger partial charge is 0.456 e. The lowest BCUT2D eigenvalue weighted by Crippen LogP contribution is -2.01. The normalized spacial score (nSPS) is 11.8. The van der Waals surface area contributed by atoms with Crippen molar-refractivity contribution < 1.29 is 8.83 Å². The zero-order valence-corrected chi connectivity index (χ0v) is 25.5. The van der Waals surface area contributed by atoms with E-state index in [0.717, 1.165) is 82.5 Å². The standard InChI is InChI=1S/C42H24N4O2/c1-2-10-26(11-3-1)29-19-20-32(38-33-24-43-22-21-35(33)48-39(29)38)42-45-40(28-18-17-25-9-4-5-12-27(25)23-28)44-41(46-42)31-14-8-16-36-37(31)30-13-6-7-15-34(30)47-36/h1-24H. The van der Waals surface area contributed by atoms with E-state index in [0.29, 0.717) is 17.5 Å². The fourth-order valence-corrected chi connectivity index (χ4v) is 6.79. The Morgan fingerprint density at radius 3 is 2.02 bits per heavy atom. The van der Waals surface area contributed by atoms with Crippen LogP contribution in [0.1, 0.15) is 0 Å². The molecule has 4 heterocycles. The van der Waals surface area contributed by atoms with E-state index in [9.17, 15) is 0 Å². The minimum atomic E-state index is 0.545. The lowest BCUT2D eigenvalue weighted by atomic mass is 9.98. The number of hydrogen-bond donors (Lipinski definition) is 0. The predicted octanol–water partition coefficient (Wildman–Crippen LogP) is 10.9. The summed E-state index contributed by atoms with van der Waals surface area (Å²) in [4.78, 5) is 20.0. The molecule has 0 bridgehead atoms. The van der Waals surface area contributed by atoms with Crippen molar-refractivity contribution in [3.05, 3.63) is 146 Å². The van der Waals surface area contributed by atoms with E-state index in [2.05, 4.69) is 71.7 Å². The molecule has 6 aromatic carbocycles. The molecule has 0 unspecified atom stereocenters. The lowest BCUT2D eigenvalue weighted by Gasteiger charge is -2.11. The van der Waals surface area contributed by atoms with Crippen molar-refractivity contribution in [3.63, 3.8) is 0 Å². The van der Waals surface area contributed by atoms with Crippen LogP contribution in [-0.2, 0) is 0 Å². The number of para-hydroxylation sites is 1. The number of nitrogens with zero attached hydrogens (tertiary/aromatic N) is 4. The van der Waals surface area contributed by atoms with Crippen LogP contribution >= 0.6 is 0 Å². The van der Waals surface area contributed by atoms with Crippen molar-refractivity contribution in [3.8, 4) is 45.3 Å². The van der Waals surface area contributed by atoms with Crippen LogP contribution in [-0.4, -0.2) is 19.9 Å². The second-order valence-electron chi connectivity index (χ2n) is 11.8. The lowest BCUT2D eigenvalue weighted by molar-refractivity contribution is 0.669. The molecule has 10 rings (SSSR count). The van der Waals surface area contributed by atoms with E-state index in [-0.39, 0.29) is 0 Å². The fraction of sp³-hybridized carbons (Fsp3) is 0. The van der Waals surface area contributed by atoms with Crippen molar-refractivity contribution in [1.29, 1.82) is 0 Å². The van der Waals surface area contributed by atoms with Crippen LogP contribution in [0.5, 0.6) is 0 Å². The molecule has 0 aliphatic heterocycles. The smallest absolute Gasteiger partial charge is 0.164 e. The van der Waals surface area contributed by atoms with Gasteiger partial charge in [-0.3, -0.25) is 4.98 Å². The topological polar surface area (TPSA) is 77.8 Å². The average molecular weight is 617 g/mol. The first-order valence-corrected chi connectivity index (χ1v) is 15.8. The Balaban J connectivity index is 1.29. The molecule has 0 spiro atoms. The zero-order valence-electron chi connectivity index (χ0n) is 25.5. The minimum absolute atomic E-state index is 0.545. The van der Waals surface area contributed by atoms with Crippen LogP contribution in [0.25, 0.3) is 99.9 Å². The maximum Gasteiger partial charge on any atom is 0.164 e. The molecule has 0 atom stereocenters. The maximum absolute atomic E-state index is 6.55. The van der Waals surface area contributed by atoms with Crippen molar-refractivity contribution >= 4 is 54.6 Å². The van der Waals surface area contributed by atoms with E-state index in [1.54, 1.807) is 6.20 Å². The molecule has 0 saturated heterocycles. The summed E-state index contributed by atoms with van der Waals surface area (Å²) < 4.78 is 12.8. The molecule has 48 heavy (non-hydrogen) atoms. The summed E-state index contributed by atoms with van der Waals surface area (Å²) in [5, 5.41) is 6.06. The molecule has 0 aliphatic carbocycles. The number of pyridine rings is 1. The van der Waals surface area contributed by atoms with Crippen LogP contribution in [0.4, 0.5) is 0 Å². The second-order valence-corrected chi connectivity index (χ2v) is 11.8. The van der Waals surface area contributed by atoms with Crippen molar-refractivity contribution in [2.24, 2.45) is 0 Å². The number of fused-ring (bicyclic) bond motifs is 7. The van der Waals surface area contributed by atoms with E-state index in [1.807, 2.05) is 72.9 Å². The number of furan rings is 2. The Hall–Kier alpha value is -6.66. The van der Waals surface area contributed by atoms with Crippen LogP contribution < -0.4 is 0 Å². The van der Waals surface area contributed by atoms with Crippen molar-refractivity contribution in [1.82, 2.24) is 19.9 Å². The van der Waals surface area contributed by atoms with Gasteiger partial charge in [0.1, 0.15) is 22.3 Å². The Bertz CT molecular complexity index is 2850. The summed E-state index contributed by atoms with van der Waals surface area (Å²) in [6.45, 7) is 0. The molecule has 0 aliphatic rings. The third-order valence-electron chi connectivity index (χ3n) is 9.03. The van der Waals surface area contributed by atoms with E-state index < -0.39 is 0 Å². The summed E-state index contributed by atoms with van der Waals surface area (Å²) in [5.74, 6) is 1.69. The Kier molecular flexibility index (Phi) is 5.77. The van der Waals surface area contributed by atoms with Gasteiger partial charge in [-0.1, -0.05) is 97.1 Å². The Morgan fingerprint density at radius 1 is 0.417 bits per heavy atom. The first-order chi connectivity index (χ1) is 23.8. The molecule has 0 saturated carbocycles. The molecular weight excluding hydrogens is 592 g/mol. The number of aromatic nitrogens is 4. The molecule has 6 nitrogen and oxygen atoms in total. The SMILES string of the molecule is c1ccc(-c2ccc(-c3nc(-c4ccc5ccccc5c4)nc(-c4cccc5oc6ccccc6c45)n3)c3c2oc2ccncc23)cc1. The van der Waals surface area contributed by atoms with Gasteiger partial charge >= 0.3 is 0 Å². The first kappa shape index (κ1) is 26.5. The summed E-state index contributed by atoms with van der Waals surface area (Å²) in [5.41, 5.74) is 7.78. The highest BCUT2D eigenvalue weighted by Crippen LogP contribution is 2.42. The third kappa shape index (κ3) is 4.13. The Morgan fingerprint density at radius 2 is 1.12 bits per heavy atom.